The quantitative estimate of drug-likeness (QED) is 0.772. The first-order valence-electron chi connectivity index (χ1n) is 6.81. The molecule has 2 aliphatic heterocycles. The monoisotopic (exact) mass is 292 g/mol. The van der Waals surface area contributed by atoms with Crippen molar-refractivity contribution in [2.45, 2.75) is 13.0 Å². The summed E-state index contributed by atoms with van der Waals surface area (Å²) < 4.78 is 6.26. The van der Waals surface area contributed by atoms with E-state index in [1.54, 1.807) is 35.0 Å². The predicted octanol–water partition coefficient (Wildman–Crippen LogP) is -0.119. The summed E-state index contributed by atoms with van der Waals surface area (Å²) in [6, 6.07) is 1.42. The number of likely N-dealkylation sites (tertiary alicyclic amines) is 1. The Kier molecular flexibility index (Phi) is 3.36. The second kappa shape index (κ2) is 5.19. The molecule has 0 saturated carbocycles. The molecule has 0 radical (unpaired) electrons. The molecule has 1 atom stereocenters. The van der Waals surface area contributed by atoms with Gasteiger partial charge in [-0.25, -0.2) is 9.69 Å². The average Bonchev–Trinajstić information content (AvgIpc) is 3.04. The first kappa shape index (κ1) is 13.6. The van der Waals surface area contributed by atoms with Gasteiger partial charge in [0, 0.05) is 37.9 Å². The molecular weight excluding hydrogens is 276 g/mol. The van der Waals surface area contributed by atoms with E-state index in [-0.39, 0.29) is 30.4 Å². The molecule has 1 aromatic heterocycles. The van der Waals surface area contributed by atoms with Crippen molar-refractivity contribution in [2.75, 3.05) is 26.2 Å². The Labute approximate surface area is 121 Å². The molecule has 0 spiro atoms. The third kappa shape index (κ3) is 2.48. The van der Waals surface area contributed by atoms with E-state index in [2.05, 4.69) is 9.84 Å². The van der Waals surface area contributed by atoms with E-state index in [9.17, 15) is 14.4 Å². The van der Waals surface area contributed by atoms with Crippen molar-refractivity contribution < 1.29 is 19.1 Å². The summed E-state index contributed by atoms with van der Waals surface area (Å²) in [7, 11) is 0. The largest absolute Gasteiger partial charge is 0.439 e. The zero-order valence-corrected chi connectivity index (χ0v) is 11.6. The Morgan fingerprint density at radius 2 is 2.24 bits per heavy atom. The van der Waals surface area contributed by atoms with Crippen molar-refractivity contribution in [3.63, 3.8) is 0 Å². The highest BCUT2D eigenvalue weighted by Crippen LogP contribution is 2.22. The Balaban J connectivity index is 1.50. The van der Waals surface area contributed by atoms with E-state index in [0.717, 1.165) is 4.90 Å². The van der Waals surface area contributed by atoms with Gasteiger partial charge in [-0.05, 0) is 13.0 Å². The van der Waals surface area contributed by atoms with Crippen molar-refractivity contribution in [3.05, 3.63) is 18.5 Å². The van der Waals surface area contributed by atoms with E-state index in [4.69, 9.17) is 0 Å². The van der Waals surface area contributed by atoms with Gasteiger partial charge < -0.3 is 9.64 Å². The second-order valence-electron chi connectivity index (χ2n) is 5.33. The Bertz CT molecular complexity index is 549. The highest BCUT2D eigenvalue weighted by Gasteiger charge is 2.39. The van der Waals surface area contributed by atoms with E-state index in [1.165, 1.54) is 0 Å². The molecule has 0 bridgehead atoms. The molecule has 8 heteroatoms. The lowest BCUT2D eigenvalue weighted by Gasteiger charge is -2.41. The molecule has 1 aromatic rings. The van der Waals surface area contributed by atoms with Gasteiger partial charge in [-0.3, -0.25) is 14.3 Å². The molecule has 2 fully saturated rings. The normalized spacial score (nSPS) is 20.4. The summed E-state index contributed by atoms with van der Waals surface area (Å²) in [5, 5.41) is 4.06. The van der Waals surface area contributed by atoms with E-state index >= 15 is 0 Å². The fourth-order valence-corrected chi connectivity index (χ4v) is 2.57. The van der Waals surface area contributed by atoms with Crippen molar-refractivity contribution >= 4 is 17.9 Å². The molecular formula is C13H16N4O4. The van der Waals surface area contributed by atoms with Crippen molar-refractivity contribution in [1.82, 2.24) is 19.6 Å². The van der Waals surface area contributed by atoms with Gasteiger partial charge in [-0.2, -0.15) is 5.10 Å². The maximum Gasteiger partial charge on any atom is 0.417 e. The number of carbonyl (C=O) groups excluding carboxylic acids is 3. The van der Waals surface area contributed by atoms with Crippen LogP contribution < -0.4 is 0 Å². The Morgan fingerprint density at radius 3 is 2.81 bits per heavy atom. The minimum Gasteiger partial charge on any atom is -0.439 e. The van der Waals surface area contributed by atoms with Crippen LogP contribution in [0.4, 0.5) is 4.79 Å². The van der Waals surface area contributed by atoms with Crippen molar-refractivity contribution in [3.8, 4) is 0 Å². The van der Waals surface area contributed by atoms with Crippen molar-refractivity contribution in [2.24, 2.45) is 5.92 Å². The standard InChI is InChI=1S/C13H16N4O4/c1-9(17-4-2-3-14-17)12(19)15-5-10(6-15)7-16-11(18)8-21-13(16)20/h2-4,9-10H,5-8H2,1H3. The molecule has 3 rings (SSSR count). The first-order valence-corrected chi connectivity index (χ1v) is 6.81. The SMILES string of the molecule is CC(C(=O)N1CC(CN2C(=O)COC2=O)C1)n1cccn1. The van der Waals surface area contributed by atoms with Crippen LogP contribution in [0.2, 0.25) is 0 Å². The molecule has 0 aromatic carbocycles. The van der Waals surface area contributed by atoms with Gasteiger partial charge in [-0.1, -0.05) is 0 Å². The third-order valence-corrected chi connectivity index (χ3v) is 3.83. The molecule has 3 heterocycles. The lowest BCUT2D eigenvalue weighted by atomic mass is 9.98. The van der Waals surface area contributed by atoms with Crippen LogP contribution in [-0.4, -0.2) is 63.7 Å². The number of aromatic nitrogens is 2. The maximum atomic E-state index is 12.2. The van der Waals surface area contributed by atoms with Gasteiger partial charge in [0.05, 0.1) is 0 Å². The maximum absolute atomic E-state index is 12.2. The molecule has 112 valence electrons. The average molecular weight is 292 g/mol. The summed E-state index contributed by atoms with van der Waals surface area (Å²) in [5.74, 6) is -0.201. The second-order valence-corrected chi connectivity index (χ2v) is 5.33. The van der Waals surface area contributed by atoms with Crippen LogP contribution in [0, 0.1) is 5.92 Å². The molecule has 1 unspecified atom stereocenters. The van der Waals surface area contributed by atoms with Crippen LogP contribution in [0.5, 0.6) is 0 Å². The zero-order chi connectivity index (χ0) is 15.0. The van der Waals surface area contributed by atoms with Gasteiger partial charge >= 0.3 is 6.09 Å². The number of cyclic esters (lactones) is 1. The summed E-state index contributed by atoms with van der Waals surface area (Å²) in [6.45, 7) is 3.02. The highest BCUT2D eigenvalue weighted by molar-refractivity contribution is 5.97. The van der Waals surface area contributed by atoms with Gasteiger partial charge in [0.15, 0.2) is 6.61 Å². The van der Waals surface area contributed by atoms with Gasteiger partial charge in [-0.15, -0.1) is 0 Å². The van der Waals surface area contributed by atoms with Crippen molar-refractivity contribution in [1.29, 1.82) is 0 Å². The van der Waals surface area contributed by atoms with Crippen LogP contribution in [0.1, 0.15) is 13.0 Å². The van der Waals surface area contributed by atoms with E-state index in [0.29, 0.717) is 19.6 Å². The van der Waals surface area contributed by atoms with Gasteiger partial charge in [0.2, 0.25) is 5.91 Å². The van der Waals surface area contributed by atoms with Crippen LogP contribution in [-0.2, 0) is 14.3 Å². The molecule has 21 heavy (non-hydrogen) atoms. The number of rotatable bonds is 4. The first-order chi connectivity index (χ1) is 10.1. The van der Waals surface area contributed by atoms with Crippen LogP contribution in [0.3, 0.4) is 0 Å². The van der Waals surface area contributed by atoms with Crippen LogP contribution in [0.25, 0.3) is 0 Å². The number of hydrogen-bond acceptors (Lipinski definition) is 5. The minimum atomic E-state index is -0.588. The Hall–Kier alpha value is -2.38. The molecule has 2 aliphatic rings. The summed E-state index contributed by atoms with van der Waals surface area (Å²) >= 11 is 0. The third-order valence-electron chi connectivity index (χ3n) is 3.83. The van der Waals surface area contributed by atoms with E-state index in [1.807, 2.05) is 0 Å². The molecule has 0 N–H and O–H groups in total. The molecule has 3 amide bonds. The lowest BCUT2D eigenvalue weighted by molar-refractivity contribution is -0.141. The molecule has 8 nitrogen and oxygen atoms in total. The summed E-state index contributed by atoms with van der Waals surface area (Å²) in [6.07, 6.45) is 2.79. The number of nitrogens with zero attached hydrogens (tertiary/aromatic N) is 4. The number of amides is 3. The molecule has 2 saturated heterocycles. The predicted molar refractivity (Wildman–Crippen MR) is 70.1 cm³/mol. The van der Waals surface area contributed by atoms with E-state index < -0.39 is 6.09 Å². The lowest BCUT2D eigenvalue weighted by Crippen LogP contribution is -2.55. The Morgan fingerprint density at radius 1 is 1.48 bits per heavy atom. The fraction of sp³-hybridized carbons (Fsp3) is 0.538. The number of carbonyl (C=O) groups is 3. The number of imide groups is 1. The fourth-order valence-electron chi connectivity index (χ4n) is 2.57. The minimum absolute atomic E-state index is 0.00900. The molecule has 0 aliphatic carbocycles. The highest BCUT2D eigenvalue weighted by atomic mass is 16.6. The van der Waals surface area contributed by atoms with Crippen LogP contribution >= 0.6 is 0 Å². The van der Waals surface area contributed by atoms with Gasteiger partial charge in [0.25, 0.3) is 5.91 Å². The smallest absolute Gasteiger partial charge is 0.417 e. The zero-order valence-electron chi connectivity index (χ0n) is 11.6. The summed E-state index contributed by atoms with van der Waals surface area (Å²) in [4.78, 5) is 37.8. The van der Waals surface area contributed by atoms with Crippen LogP contribution in [0.15, 0.2) is 18.5 Å². The number of ether oxygens (including phenoxy) is 1. The number of hydrogen-bond donors (Lipinski definition) is 0. The van der Waals surface area contributed by atoms with Gasteiger partial charge in [0.1, 0.15) is 6.04 Å². The summed E-state index contributed by atoms with van der Waals surface area (Å²) in [5.41, 5.74) is 0. The topological polar surface area (TPSA) is 84.7 Å².